The zero-order chi connectivity index (χ0) is 14.5. The topological polar surface area (TPSA) is 29.1 Å². The molecule has 0 atom stereocenters. The number of anilines is 1. The number of carbonyl (C=O) groups is 1. The Labute approximate surface area is 126 Å². The van der Waals surface area contributed by atoms with Crippen LogP contribution in [-0.4, -0.2) is 5.91 Å². The quantitative estimate of drug-likeness (QED) is 0.762. The minimum atomic E-state index is -0.635. The van der Waals surface area contributed by atoms with E-state index in [4.69, 9.17) is 0 Å². The Bertz CT molecular complexity index is 487. The third-order valence-electron chi connectivity index (χ3n) is 3.79. The van der Waals surface area contributed by atoms with Crippen LogP contribution in [0.5, 0.6) is 0 Å². The van der Waals surface area contributed by atoms with Crippen LogP contribution < -0.4 is 5.32 Å². The number of nitrogens with one attached hydrogen (secondary N) is 1. The molecule has 1 N–H and O–H groups in total. The summed E-state index contributed by atoms with van der Waals surface area (Å²) in [7, 11) is 0. The van der Waals surface area contributed by atoms with Gasteiger partial charge in [0.2, 0.25) is 5.91 Å². The van der Waals surface area contributed by atoms with Crippen LogP contribution in [0.1, 0.15) is 44.9 Å². The SMILES string of the molecule is O=C(CCC1CCCCC1)Nc1cc(F)c(Br)cc1F. The van der Waals surface area contributed by atoms with Gasteiger partial charge in [-0.25, -0.2) is 8.78 Å². The van der Waals surface area contributed by atoms with E-state index in [0.29, 0.717) is 12.3 Å². The molecule has 20 heavy (non-hydrogen) atoms. The number of carbonyl (C=O) groups excluding carboxylic acids is 1. The fourth-order valence-corrected chi connectivity index (χ4v) is 2.96. The van der Waals surface area contributed by atoms with Crippen LogP contribution in [0, 0.1) is 17.6 Å². The Morgan fingerprint density at radius 3 is 2.60 bits per heavy atom. The first-order valence-electron chi connectivity index (χ1n) is 7.00. The van der Waals surface area contributed by atoms with Gasteiger partial charge in [0, 0.05) is 12.5 Å². The zero-order valence-electron chi connectivity index (χ0n) is 11.2. The predicted molar refractivity (Wildman–Crippen MR) is 78.5 cm³/mol. The normalized spacial score (nSPS) is 16.1. The molecule has 1 fully saturated rings. The number of rotatable bonds is 4. The first kappa shape index (κ1) is 15.4. The molecular formula is C15H18BrF2NO. The van der Waals surface area contributed by atoms with Crippen molar-refractivity contribution in [2.24, 2.45) is 5.92 Å². The van der Waals surface area contributed by atoms with Crippen molar-refractivity contribution in [1.82, 2.24) is 0 Å². The smallest absolute Gasteiger partial charge is 0.224 e. The van der Waals surface area contributed by atoms with Crippen LogP contribution in [0.25, 0.3) is 0 Å². The molecule has 1 aliphatic rings. The summed E-state index contributed by atoms with van der Waals surface area (Å²) in [6, 6.07) is 2.02. The average Bonchev–Trinajstić information content (AvgIpc) is 2.44. The second-order valence-electron chi connectivity index (χ2n) is 5.34. The summed E-state index contributed by atoms with van der Waals surface area (Å²) >= 11 is 2.90. The van der Waals surface area contributed by atoms with Crippen molar-refractivity contribution in [2.75, 3.05) is 5.32 Å². The molecule has 1 aromatic carbocycles. The molecule has 0 spiro atoms. The fraction of sp³-hybridized carbons (Fsp3) is 0.533. The molecule has 0 unspecified atom stereocenters. The predicted octanol–water partition coefficient (Wildman–Crippen LogP) is 5.03. The zero-order valence-corrected chi connectivity index (χ0v) is 12.8. The maximum atomic E-state index is 13.6. The van der Waals surface area contributed by atoms with Crippen molar-refractivity contribution in [3.05, 3.63) is 28.2 Å². The molecule has 0 bridgehead atoms. The number of amides is 1. The Hall–Kier alpha value is -0.970. The molecule has 0 radical (unpaired) electrons. The van der Waals surface area contributed by atoms with Crippen LogP contribution in [0.2, 0.25) is 0 Å². The van der Waals surface area contributed by atoms with Gasteiger partial charge >= 0.3 is 0 Å². The van der Waals surface area contributed by atoms with Crippen LogP contribution in [0.3, 0.4) is 0 Å². The molecular weight excluding hydrogens is 328 g/mol. The molecule has 1 aliphatic carbocycles. The van der Waals surface area contributed by atoms with Gasteiger partial charge in [-0.2, -0.15) is 0 Å². The van der Waals surface area contributed by atoms with E-state index in [2.05, 4.69) is 21.2 Å². The van der Waals surface area contributed by atoms with Crippen molar-refractivity contribution in [1.29, 1.82) is 0 Å². The van der Waals surface area contributed by atoms with Crippen molar-refractivity contribution < 1.29 is 13.6 Å². The van der Waals surface area contributed by atoms with E-state index in [9.17, 15) is 13.6 Å². The summed E-state index contributed by atoms with van der Waals surface area (Å²) in [5.41, 5.74) is -0.0978. The van der Waals surface area contributed by atoms with Crippen molar-refractivity contribution >= 4 is 27.5 Å². The lowest BCUT2D eigenvalue weighted by molar-refractivity contribution is -0.116. The summed E-state index contributed by atoms with van der Waals surface area (Å²) in [5, 5.41) is 2.44. The Morgan fingerprint density at radius 2 is 1.90 bits per heavy atom. The lowest BCUT2D eigenvalue weighted by Crippen LogP contribution is -2.15. The standard InChI is InChI=1S/C15H18BrF2NO/c16-11-8-13(18)14(9-12(11)17)19-15(20)7-6-10-4-2-1-3-5-10/h8-10H,1-7H2,(H,19,20). The third-order valence-corrected chi connectivity index (χ3v) is 4.40. The van der Waals surface area contributed by atoms with E-state index in [1.165, 1.54) is 32.1 Å². The van der Waals surface area contributed by atoms with Gasteiger partial charge in [-0.05, 0) is 34.3 Å². The first-order chi connectivity index (χ1) is 9.56. The van der Waals surface area contributed by atoms with Gasteiger partial charge in [0.25, 0.3) is 0 Å². The molecule has 1 aromatic rings. The monoisotopic (exact) mass is 345 g/mol. The Kier molecular flexibility index (Phi) is 5.52. The minimum Gasteiger partial charge on any atom is -0.324 e. The number of hydrogen-bond acceptors (Lipinski definition) is 1. The molecule has 1 saturated carbocycles. The van der Waals surface area contributed by atoms with E-state index in [0.717, 1.165) is 18.6 Å². The molecule has 2 nitrogen and oxygen atoms in total. The van der Waals surface area contributed by atoms with Crippen LogP contribution in [0.4, 0.5) is 14.5 Å². The molecule has 5 heteroatoms. The molecule has 2 rings (SSSR count). The summed E-state index contributed by atoms with van der Waals surface area (Å²) in [4.78, 5) is 11.8. The van der Waals surface area contributed by atoms with E-state index >= 15 is 0 Å². The van der Waals surface area contributed by atoms with Gasteiger partial charge in [0.1, 0.15) is 11.6 Å². The lowest BCUT2D eigenvalue weighted by Gasteiger charge is -2.21. The van der Waals surface area contributed by atoms with Crippen molar-refractivity contribution in [3.63, 3.8) is 0 Å². The molecule has 0 heterocycles. The Morgan fingerprint density at radius 1 is 1.20 bits per heavy atom. The van der Waals surface area contributed by atoms with Crippen LogP contribution >= 0.6 is 15.9 Å². The van der Waals surface area contributed by atoms with Gasteiger partial charge in [0.15, 0.2) is 0 Å². The average molecular weight is 346 g/mol. The van der Waals surface area contributed by atoms with Crippen molar-refractivity contribution in [2.45, 2.75) is 44.9 Å². The molecule has 0 saturated heterocycles. The number of halogens is 3. The van der Waals surface area contributed by atoms with Crippen molar-refractivity contribution in [3.8, 4) is 0 Å². The second kappa shape index (κ2) is 7.16. The van der Waals surface area contributed by atoms with Gasteiger partial charge in [-0.1, -0.05) is 32.1 Å². The van der Waals surface area contributed by atoms with E-state index in [1.54, 1.807) is 0 Å². The summed E-state index contributed by atoms with van der Waals surface area (Å²) in [6.07, 6.45) is 7.29. The summed E-state index contributed by atoms with van der Waals surface area (Å²) in [5.74, 6) is -0.879. The van der Waals surface area contributed by atoms with E-state index < -0.39 is 11.6 Å². The Balaban J connectivity index is 1.86. The summed E-state index contributed by atoms with van der Waals surface area (Å²) in [6.45, 7) is 0. The molecule has 110 valence electrons. The third kappa shape index (κ3) is 4.27. The molecule has 1 amide bonds. The maximum Gasteiger partial charge on any atom is 0.224 e. The van der Waals surface area contributed by atoms with Gasteiger partial charge in [0.05, 0.1) is 10.2 Å². The van der Waals surface area contributed by atoms with E-state index in [1.807, 2.05) is 0 Å². The van der Waals surface area contributed by atoms with Crippen LogP contribution in [0.15, 0.2) is 16.6 Å². The minimum absolute atomic E-state index is 0.0511. The fourth-order valence-electron chi connectivity index (χ4n) is 2.64. The number of hydrogen-bond donors (Lipinski definition) is 1. The van der Waals surface area contributed by atoms with Gasteiger partial charge in [-0.3, -0.25) is 4.79 Å². The highest BCUT2D eigenvalue weighted by Crippen LogP contribution is 2.28. The highest BCUT2D eigenvalue weighted by atomic mass is 79.9. The highest BCUT2D eigenvalue weighted by molar-refractivity contribution is 9.10. The largest absolute Gasteiger partial charge is 0.324 e. The lowest BCUT2D eigenvalue weighted by atomic mass is 9.86. The molecule has 0 aliphatic heterocycles. The number of benzene rings is 1. The first-order valence-corrected chi connectivity index (χ1v) is 7.80. The maximum absolute atomic E-state index is 13.6. The van der Waals surface area contributed by atoms with E-state index in [-0.39, 0.29) is 16.1 Å². The second-order valence-corrected chi connectivity index (χ2v) is 6.19. The van der Waals surface area contributed by atoms with Gasteiger partial charge in [-0.15, -0.1) is 0 Å². The van der Waals surface area contributed by atoms with Gasteiger partial charge < -0.3 is 5.32 Å². The molecule has 0 aromatic heterocycles. The summed E-state index contributed by atoms with van der Waals surface area (Å²) < 4.78 is 26.9. The highest BCUT2D eigenvalue weighted by Gasteiger charge is 2.16. The van der Waals surface area contributed by atoms with Crippen LogP contribution in [-0.2, 0) is 4.79 Å².